The van der Waals surface area contributed by atoms with Gasteiger partial charge in [0.2, 0.25) is 0 Å². The normalized spacial score (nSPS) is 15.6. The second kappa shape index (κ2) is 7.27. The largest absolute Gasteiger partial charge is 0.461 e. The molecule has 28 heavy (non-hydrogen) atoms. The number of rotatable bonds is 6. The molecule has 2 heterocycles. The van der Waals surface area contributed by atoms with Gasteiger partial charge in [0.1, 0.15) is 17.9 Å². The van der Waals surface area contributed by atoms with E-state index in [-0.39, 0.29) is 18.1 Å². The first kappa shape index (κ1) is 19.9. The van der Waals surface area contributed by atoms with E-state index in [1.165, 1.54) is 0 Å². The van der Waals surface area contributed by atoms with Crippen LogP contribution in [0, 0.1) is 0 Å². The summed E-state index contributed by atoms with van der Waals surface area (Å²) in [5, 5.41) is 0.875. The van der Waals surface area contributed by atoms with Crippen molar-refractivity contribution in [1.82, 2.24) is 14.7 Å². The van der Waals surface area contributed by atoms with Crippen LogP contribution in [0.4, 0.5) is 18.0 Å². The lowest BCUT2D eigenvalue weighted by molar-refractivity contribution is -0.156. The number of aryl methyl sites for hydroxylation is 1. The highest BCUT2D eigenvalue weighted by Gasteiger charge is 2.49. The van der Waals surface area contributed by atoms with Crippen LogP contribution in [0.5, 0.6) is 0 Å². The van der Waals surface area contributed by atoms with Gasteiger partial charge in [-0.1, -0.05) is 25.1 Å². The van der Waals surface area contributed by atoms with Crippen LogP contribution in [-0.4, -0.2) is 59.0 Å². The number of halogens is 3. The number of alkyl halides is 3. The summed E-state index contributed by atoms with van der Waals surface area (Å²) in [6, 6.07) is 6.11. The number of urea groups is 1. The maximum atomic E-state index is 12.6. The molecule has 3 rings (SSSR count). The fourth-order valence-electron chi connectivity index (χ4n) is 3.16. The number of hydrogen-bond donors (Lipinski definition) is 0. The van der Waals surface area contributed by atoms with Gasteiger partial charge in [0.05, 0.1) is 6.67 Å². The number of para-hydroxylation sites is 1. The molecule has 1 saturated heterocycles. The number of nitrogens with zero attached hydrogens (tertiary/aromatic N) is 3. The number of fused-ring (bicyclic) bond motifs is 1. The van der Waals surface area contributed by atoms with Crippen molar-refractivity contribution in [2.45, 2.75) is 26.1 Å². The molecule has 1 aromatic carbocycles. The number of benzene rings is 1. The summed E-state index contributed by atoms with van der Waals surface area (Å²) >= 11 is 0. The van der Waals surface area contributed by atoms with E-state index < -0.39 is 30.6 Å². The van der Waals surface area contributed by atoms with E-state index in [1.54, 1.807) is 11.9 Å². The Morgan fingerprint density at radius 2 is 1.71 bits per heavy atom. The predicted octanol–water partition coefficient (Wildman–Crippen LogP) is 2.74. The number of carbonyl (C=O) groups is 3. The molecule has 10 heteroatoms. The fourth-order valence-corrected chi connectivity index (χ4v) is 3.16. The molecule has 0 bridgehead atoms. The molecule has 1 aromatic heterocycles. The van der Waals surface area contributed by atoms with E-state index in [0.29, 0.717) is 16.9 Å². The van der Waals surface area contributed by atoms with E-state index in [0.717, 1.165) is 16.7 Å². The Bertz CT molecular complexity index is 938. The molecule has 1 aliphatic heterocycles. The van der Waals surface area contributed by atoms with Crippen molar-refractivity contribution in [3.05, 3.63) is 35.6 Å². The van der Waals surface area contributed by atoms with Crippen LogP contribution in [0.3, 0.4) is 0 Å². The Labute approximate surface area is 158 Å². The van der Waals surface area contributed by atoms with Gasteiger partial charge in [-0.05, 0) is 13.1 Å². The molecule has 7 nitrogen and oxygen atoms in total. The van der Waals surface area contributed by atoms with Crippen molar-refractivity contribution in [1.29, 1.82) is 0 Å². The zero-order valence-electron chi connectivity index (χ0n) is 15.2. The van der Waals surface area contributed by atoms with Crippen LogP contribution in [0.1, 0.15) is 18.2 Å². The van der Waals surface area contributed by atoms with Gasteiger partial charge in [-0.15, -0.1) is 0 Å². The van der Waals surface area contributed by atoms with Gasteiger partial charge in [0.15, 0.2) is 0 Å². The van der Waals surface area contributed by atoms with E-state index >= 15 is 0 Å². The lowest BCUT2D eigenvalue weighted by Gasteiger charge is -2.22. The van der Waals surface area contributed by atoms with Gasteiger partial charge in [-0.25, -0.2) is 14.6 Å². The summed E-state index contributed by atoms with van der Waals surface area (Å²) in [6.07, 6.45) is -4.16. The van der Waals surface area contributed by atoms with E-state index in [4.69, 9.17) is 4.42 Å². The minimum Gasteiger partial charge on any atom is -0.461 e. The first-order valence-electron chi connectivity index (χ1n) is 8.54. The van der Waals surface area contributed by atoms with E-state index in [9.17, 15) is 27.6 Å². The van der Waals surface area contributed by atoms with Crippen LogP contribution in [0.15, 0.2) is 28.7 Å². The molecule has 1 aliphatic rings. The summed E-state index contributed by atoms with van der Waals surface area (Å²) in [6.45, 7) is 0.0938. The smallest absolute Gasteiger partial charge is 0.406 e. The van der Waals surface area contributed by atoms with Crippen LogP contribution in [0.2, 0.25) is 0 Å². The standard InChI is InChI=1S/C18H18F3N3O4/c1-3-13-12(11-6-4-5-7-14(11)28-13)8-22(2)10-24-16(26)15(25)23(17(24)27)9-18(19,20)21/h4-7H,3,8-10H2,1-2H3. The third-order valence-corrected chi connectivity index (χ3v) is 4.39. The lowest BCUT2D eigenvalue weighted by Crippen LogP contribution is -2.42. The van der Waals surface area contributed by atoms with Crippen molar-refractivity contribution in [2.24, 2.45) is 0 Å². The highest BCUT2D eigenvalue weighted by Crippen LogP contribution is 2.28. The average Bonchev–Trinajstić information content (AvgIpc) is 3.07. The Hall–Kier alpha value is -2.88. The van der Waals surface area contributed by atoms with Crippen LogP contribution < -0.4 is 0 Å². The molecular formula is C18H18F3N3O4. The quantitative estimate of drug-likeness (QED) is 0.554. The van der Waals surface area contributed by atoms with Crippen molar-refractivity contribution in [2.75, 3.05) is 20.3 Å². The predicted molar refractivity (Wildman–Crippen MR) is 91.9 cm³/mol. The number of imide groups is 2. The second-order valence-corrected chi connectivity index (χ2v) is 6.53. The van der Waals surface area contributed by atoms with Crippen LogP contribution >= 0.6 is 0 Å². The zero-order valence-corrected chi connectivity index (χ0v) is 15.2. The Balaban J connectivity index is 1.77. The van der Waals surface area contributed by atoms with Crippen LogP contribution in [0.25, 0.3) is 11.0 Å². The summed E-state index contributed by atoms with van der Waals surface area (Å²) < 4.78 is 43.5. The number of hydrogen-bond acceptors (Lipinski definition) is 5. The van der Waals surface area contributed by atoms with E-state index in [2.05, 4.69) is 0 Å². The molecule has 0 atom stereocenters. The van der Waals surface area contributed by atoms with Gasteiger partial charge in [-0.2, -0.15) is 13.2 Å². The summed E-state index contributed by atoms with van der Waals surface area (Å²) in [4.78, 5) is 37.9. The lowest BCUT2D eigenvalue weighted by atomic mass is 10.1. The molecule has 1 fully saturated rings. The first-order valence-corrected chi connectivity index (χ1v) is 8.54. The van der Waals surface area contributed by atoms with Gasteiger partial charge in [0, 0.05) is 23.9 Å². The molecule has 0 aliphatic carbocycles. The fraction of sp³-hybridized carbons (Fsp3) is 0.389. The maximum absolute atomic E-state index is 12.6. The molecule has 0 saturated carbocycles. The Morgan fingerprint density at radius 1 is 1.07 bits per heavy atom. The van der Waals surface area contributed by atoms with Crippen LogP contribution in [-0.2, 0) is 22.6 Å². The van der Waals surface area contributed by atoms with Crippen molar-refractivity contribution >= 4 is 28.8 Å². The molecule has 150 valence electrons. The summed E-state index contributed by atoms with van der Waals surface area (Å²) in [7, 11) is 1.60. The zero-order chi connectivity index (χ0) is 20.6. The molecule has 0 spiro atoms. The van der Waals surface area contributed by atoms with E-state index in [1.807, 2.05) is 31.2 Å². The van der Waals surface area contributed by atoms with Gasteiger partial charge < -0.3 is 4.42 Å². The Kier molecular flexibility index (Phi) is 5.16. The Morgan fingerprint density at radius 3 is 2.36 bits per heavy atom. The van der Waals surface area contributed by atoms with Gasteiger partial charge in [0.25, 0.3) is 0 Å². The summed E-state index contributed by atoms with van der Waals surface area (Å²) in [5.74, 6) is -2.01. The molecule has 0 unspecified atom stereocenters. The molecular weight excluding hydrogens is 379 g/mol. The molecule has 2 aromatic rings. The minimum absolute atomic E-state index is 0.0824. The summed E-state index contributed by atoms with van der Waals surface area (Å²) in [5.41, 5.74) is 1.56. The number of amides is 4. The molecule has 0 radical (unpaired) electrons. The molecule has 0 N–H and O–H groups in total. The highest BCUT2D eigenvalue weighted by atomic mass is 19.4. The SMILES string of the molecule is CCc1oc2ccccc2c1CN(C)CN1C(=O)C(=O)N(CC(F)(F)F)C1=O. The average molecular weight is 397 g/mol. The second-order valence-electron chi connectivity index (χ2n) is 6.53. The number of furan rings is 1. The minimum atomic E-state index is -4.78. The van der Waals surface area contributed by atoms with Crippen molar-refractivity contribution < 1.29 is 32.0 Å². The van der Waals surface area contributed by atoms with Gasteiger partial charge in [-0.3, -0.25) is 14.5 Å². The number of carbonyl (C=O) groups excluding carboxylic acids is 3. The third-order valence-electron chi connectivity index (χ3n) is 4.39. The third kappa shape index (κ3) is 3.72. The van der Waals surface area contributed by atoms with Crippen molar-refractivity contribution in [3.8, 4) is 0 Å². The van der Waals surface area contributed by atoms with Gasteiger partial charge >= 0.3 is 24.0 Å². The highest BCUT2D eigenvalue weighted by molar-refractivity contribution is 6.44. The first-order chi connectivity index (χ1) is 13.1. The van der Waals surface area contributed by atoms with Crippen molar-refractivity contribution in [3.63, 3.8) is 0 Å². The monoisotopic (exact) mass is 397 g/mol. The molecule has 4 amide bonds. The topological polar surface area (TPSA) is 74.1 Å². The maximum Gasteiger partial charge on any atom is 0.406 e.